The largest absolute Gasteiger partial charge is 0.345 e. The molecule has 1 N–H and O–H groups in total. The standard InChI is InChI=1S/C17H14ClN3O2/c1-11(12-5-7-13(18)8-6-12)20-16(22)14-10-19-15-4-2-3-9-21(15)17(14)23/h2-11H,1H3,(H,20,22). The molecule has 0 fully saturated rings. The maximum atomic E-state index is 12.4. The average Bonchev–Trinajstić information content (AvgIpc) is 2.56. The molecule has 2 heterocycles. The van der Waals surface area contributed by atoms with E-state index in [0.717, 1.165) is 5.56 Å². The summed E-state index contributed by atoms with van der Waals surface area (Å²) in [5.74, 6) is -0.455. The molecule has 0 aliphatic heterocycles. The van der Waals surface area contributed by atoms with Crippen molar-refractivity contribution < 1.29 is 4.79 Å². The second-order valence-corrected chi connectivity index (χ2v) is 5.59. The molecular formula is C17H14ClN3O2. The Morgan fingerprint density at radius 3 is 2.70 bits per heavy atom. The number of pyridine rings is 1. The second kappa shape index (κ2) is 6.22. The summed E-state index contributed by atoms with van der Waals surface area (Å²) in [5.41, 5.74) is 1.02. The van der Waals surface area contributed by atoms with Gasteiger partial charge in [0.15, 0.2) is 0 Å². The minimum atomic E-state index is -0.455. The second-order valence-electron chi connectivity index (χ2n) is 5.15. The van der Waals surface area contributed by atoms with E-state index in [9.17, 15) is 9.59 Å². The Bertz CT molecular complexity index is 919. The predicted molar refractivity (Wildman–Crippen MR) is 88.8 cm³/mol. The molecule has 1 aromatic carbocycles. The van der Waals surface area contributed by atoms with Gasteiger partial charge in [-0.2, -0.15) is 0 Å². The Kier molecular flexibility index (Phi) is 4.12. The van der Waals surface area contributed by atoms with Crippen molar-refractivity contribution in [3.05, 3.63) is 81.4 Å². The number of amides is 1. The number of carbonyl (C=O) groups excluding carboxylic acids is 1. The van der Waals surface area contributed by atoms with Gasteiger partial charge in [0.2, 0.25) is 0 Å². The molecule has 6 heteroatoms. The molecule has 116 valence electrons. The fraction of sp³-hybridized carbons (Fsp3) is 0.118. The van der Waals surface area contributed by atoms with E-state index in [1.165, 1.54) is 10.6 Å². The first-order valence-corrected chi connectivity index (χ1v) is 7.47. The zero-order valence-electron chi connectivity index (χ0n) is 12.4. The average molecular weight is 328 g/mol. The molecule has 0 radical (unpaired) electrons. The highest BCUT2D eigenvalue weighted by molar-refractivity contribution is 6.30. The molecule has 3 rings (SSSR count). The predicted octanol–water partition coefficient (Wildman–Crippen LogP) is 2.84. The lowest BCUT2D eigenvalue weighted by atomic mass is 10.1. The van der Waals surface area contributed by atoms with Crippen LogP contribution < -0.4 is 10.9 Å². The van der Waals surface area contributed by atoms with Crippen LogP contribution in [0.5, 0.6) is 0 Å². The summed E-state index contributed by atoms with van der Waals surface area (Å²) in [6, 6.07) is 12.1. The van der Waals surface area contributed by atoms with Gasteiger partial charge in [-0.15, -0.1) is 0 Å². The van der Waals surface area contributed by atoms with Gasteiger partial charge in [-0.25, -0.2) is 4.98 Å². The summed E-state index contributed by atoms with van der Waals surface area (Å²) < 4.78 is 1.35. The third-order valence-electron chi connectivity index (χ3n) is 3.58. The van der Waals surface area contributed by atoms with Crippen molar-refractivity contribution in [2.45, 2.75) is 13.0 Å². The maximum Gasteiger partial charge on any atom is 0.270 e. The van der Waals surface area contributed by atoms with Crippen molar-refractivity contribution >= 4 is 23.2 Å². The Hall–Kier alpha value is -2.66. The van der Waals surface area contributed by atoms with E-state index in [1.807, 2.05) is 19.1 Å². The number of rotatable bonds is 3. The molecule has 23 heavy (non-hydrogen) atoms. The van der Waals surface area contributed by atoms with Crippen LogP contribution in [0.1, 0.15) is 28.9 Å². The monoisotopic (exact) mass is 327 g/mol. The number of aromatic nitrogens is 2. The van der Waals surface area contributed by atoms with E-state index < -0.39 is 11.5 Å². The Morgan fingerprint density at radius 1 is 1.22 bits per heavy atom. The number of halogens is 1. The Balaban J connectivity index is 1.87. The van der Waals surface area contributed by atoms with Crippen molar-refractivity contribution in [1.82, 2.24) is 14.7 Å². The highest BCUT2D eigenvalue weighted by Gasteiger charge is 2.16. The summed E-state index contributed by atoms with van der Waals surface area (Å²) in [4.78, 5) is 28.9. The van der Waals surface area contributed by atoms with Gasteiger partial charge < -0.3 is 5.32 Å². The number of hydrogen-bond donors (Lipinski definition) is 1. The smallest absolute Gasteiger partial charge is 0.270 e. The van der Waals surface area contributed by atoms with E-state index in [0.29, 0.717) is 10.7 Å². The molecule has 0 aliphatic carbocycles. The van der Waals surface area contributed by atoms with E-state index in [1.54, 1.807) is 36.5 Å². The summed E-state index contributed by atoms with van der Waals surface area (Å²) in [7, 11) is 0. The number of nitrogens with one attached hydrogen (secondary N) is 1. The van der Waals surface area contributed by atoms with Gasteiger partial charge in [-0.1, -0.05) is 29.8 Å². The SMILES string of the molecule is CC(NC(=O)c1cnc2ccccn2c1=O)c1ccc(Cl)cc1. The number of nitrogens with zero attached hydrogens (tertiary/aromatic N) is 2. The molecule has 1 amide bonds. The highest BCUT2D eigenvalue weighted by atomic mass is 35.5. The molecule has 0 aliphatic rings. The van der Waals surface area contributed by atoms with Gasteiger partial charge in [-0.3, -0.25) is 14.0 Å². The maximum absolute atomic E-state index is 12.4. The van der Waals surface area contributed by atoms with Crippen LogP contribution in [0.15, 0.2) is 59.7 Å². The van der Waals surface area contributed by atoms with Crippen LogP contribution in [0.25, 0.3) is 5.65 Å². The molecule has 3 aromatic rings. The van der Waals surface area contributed by atoms with E-state index in [-0.39, 0.29) is 11.6 Å². The first-order chi connectivity index (χ1) is 11.1. The molecule has 0 spiro atoms. The van der Waals surface area contributed by atoms with Crippen molar-refractivity contribution in [3.8, 4) is 0 Å². The highest BCUT2D eigenvalue weighted by Crippen LogP contribution is 2.16. The number of fused-ring (bicyclic) bond motifs is 1. The van der Waals surface area contributed by atoms with Crippen LogP contribution in [0.4, 0.5) is 0 Å². The Labute approximate surface area is 137 Å². The summed E-state index contributed by atoms with van der Waals surface area (Å²) in [6.07, 6.45) is 2.89. The summed E-state index contributed by atoms with van der Waals surface area (Å²) in [6.45, 7) is 1.84. The van der Waals surface area contributed by atoms with Crippen molar-refractivity contribution in [2.24, 2.45) is 0 Å². The lowest BCUT2D eigenvalue weighted by Gasteiger charge is -2.14. The van der Waals surface area contributed by atoms with Gasteiger partial charge in [-0.05, 0) is 36.8 Å². The first-order valence-electron chi connectivity index (χ1n) is 7.09. The summed E-state index contributed by atoms with van der Waals surface area (Å²) >= 11 is 5.85. The molecule has 1 unspecified atom stereocenters. The number of carbonyl (C=O) groups is 1. The molecule has 1 atom stereocenters. The molecule has 2 aromatic heterocycles. The molecule has 0 saturated carbocycles. The van der Waals surface area contributed by atoms with E-state index in [4.69, 9.17) is 11.6 Å². The molecule has 0 bridgehead atoms. The van der Waals surface area contributed by atoms with Crippen molar-refractivity contribution in [2.75, 3.05) is 0 Å². The first kappa shape index (κ1) is 15.2. The van der Waals surface area contributed by atoms with Crippen LogP contribution in [0.3, 0.4) is 0 Å². The van der Waals surface area contributed by atoms with Gasteiger partial charge >= 0.3 is 0 Å². The third-order valence-corrected chi connectivity index (χ3v) is 3.83. The van der Waals surface area contributed by atoms with Crippen LogP contribution in [-0.2, 0) is 0 Å². The fourth-order valence-electron chi connectivity index (χ4n) is 2.29. The van der Waals surface area contributed by atoms with Crippen LogP contribution in [0, 0.1) is 0 Å². The zero-order chi connectivity index (χ0) is 16.4. The molecule has 5 nitrogen and oxygen atoms in total. The number of hydrogen-bond acceptors (Lipinski definition) is 3. The number of benzene rings is 1. The van der Waals surface area contributed by atoms with Crippen molar-refractivity contribution in [1.29, 1.82) is 0 Å². The third kappa shape index (κ3) is 3.10. The molecule has 0 saturated heterocycles. The quantitative estimate of drug-likeness (QED) is 0.804. The van der Waals surface area contributed by atoms with Gasteiger partial charge in [0.05, 0.1) is 6.04 Å². The van der Waals surface area contributed by atoms with Crippen molar-refractivity contribution in [3.63, 3.8) is 0 Å². The van der Waals surface area contributed by atoms with Crippen LogP contribution in [0.2, 0.25) is 5.02 Å². The van der Waals surface area contributed by atoms with Crippen LogP contribution in [-0.4, -0.2) is 15.3 Å². The lowest BCUT2D eigenvalue weighted by Crippen LogP contribution is -2.33. The molecular weight excluding hydrogens is 314 g/mol. The normalized spacial score (nSPS) is 12.1. The fourth-order valence-corrected chi connectivity index (χ4v) is 2.42. The van der Waals surface area contributed by atoms with Gasteiger partial charge in [0.1, 0.15) is 11.2 Å². The minimum Gasteiger partial charge on any atom is -0.345 e. The Morgan fingerprint density at radius 2 is 1.96 bits per heavy atom. The summed E-state index contributed by atoms with van der Waals surface area (Å²) in [5, 5.41) is 3.43. The topological polar surface area (TPSA) is 63.5 Å². The van der Waals surface area contributed by atoms with Crippen LogP contribution >= 0.6 is 11.6 Å². The van der Waals surface area contributed by atoms with E-state index in [2.05, 4.69) is 10.3 Å². The van der Waals surface area contributed by atoms with E-state index >= 15 is 0 Å². The zero-order valence-corrected chi connectivity index (χ0v) is 13.1. The van der Waals surface area contributed by atoms with Gasteiger partial charge in [0.25, 0.3) is 11.5 Å². The van der Waals surface area contributed by atoms with Gasteiger partial charge in [0, 0.05) is 17.4 Å². The lowest BCUT2D eigenvalue weighted by molar-refractivity contribution is 0.0938. The minimum absolute atomic E-state index is 0.00881.